The molecule has 0 atom stereocenters. The normalized spacial score (nSPS) is 10.1. The minimum atomic E-state index is -0.313. The molecule has 0 aliphatic rings. The molecule has 0 radical (unpaired) electrons. The van der Waals surface area contributed by atoms with Crippen LogP contribution in [0.5, 0.6) is 0 Å². The highest BCUT2D eigenvalue weighted by Gasteiger charge is 2.10. The van der Waals surface area contributed by atoms with E-state index in [4.69, 9.17) is 0 Å². The summed E-state index contributed by atoms with van der Waals surface area (Å²) in [4.78, 5) is 24.2. The van der Waals surface area contributed by atoms with E-state index in [-0.39, 0.29) is 11.6 Å². The molecule has 2 aromatic heterocycles. The van der Waals surface area contributed by atoms with Crippen LogP contribution >= 0.6 is 15.9 Å². The van der Waals surface area contributed by atoms with E-state index in [2.05, 4.69) is 48.4 Å². The average Bonchev–Trinajstić information content (AvgIpc) is 2.48. The van der Waals surface area contributed by atoms with E-state index in [0.717, 1.165) is 13.0 Å². The number of carbonyl (C=O) groups is 1. The van der Waals surface area contributed by atoms with Gasteiger partial charge in [-0.1, -0.05) is 6.92 Å². The van der Waals surface area contributed by atoms with Crippen LogP contribution in [0.4, 0.5) is 11.5 Å². The fourth-order valence-electron chi connectivity index (χ4n) is 1.45. The standard InChI is InChI=1S/C13H14BrN5O/c1-2-4-16-12-8-17-11(7-18-12)13(20)19-10-3-5-15-6-9(10)14/h3,5-8H,2,4H2,1H3,(H,16,18)(H,15,19,20). The first-order valence-electron chi connectivity index (χ1n) is 6.17. The first kappa shape index (κ1) is 14.4. The smallest absolute Gasteiger partial charge is 0.275 e. The maximum Gasteiger partial charge on any atom is 0.275 e. The number of halogens is 1. The number of nitrogens with zero attached hydrogens (tertiary/aromatic N) is 3. The molecule has 7 heteroatoms. The highest BCUT2D eigenvalue weighted by atomic mass is 79.9. The number of carbonyl (C=O) groups excluding carboxylic acids is 1. The molecule has 1 amide bonds. The van der Waals surface area contributed by atoms with Gasteiger partial charge in [-0.3, -0.25) is 9.78 Å². The number of nitrogens with one attached hydrogen (secondary N) is 2. The zero-order chi connectivity index (χ0) is 14.4. The summed E-state index contributed by atoms with van der Waals surface area (Å²) < 4.78 is 0.711. The number of amides is 1. The van der Waals surface area contributed by atoms with Gasteiger partial charge in [0.1, 0.15) is 11.5 Å². The lowest BCUT2D eigenvalue weighted by Gasteiger charge is -2.07. The Bertz CT molecular complexity index is 588. The summed E-state index contributed by atoms with van der Waals surface area (Å²) in [6, 6.07) is 1.70. The van der Waals surface area contributed by atoms with Crippen molar-refractivity contribution < 1.29 is 4.79 Å². The van der Waals surface area contributed by atoms with E-state index >= 15 is 0 Å². The fourth-order valence-corrected chi connectivity index (χ4v) is 1.80. The Balaban J connectivity index is 2.04. The number of hydrogen-bond acceptors (Lipinski definition) is 5. The molecule has 104 valence electrons. The van der Waals surface area contributed by atoms with Crippen molar-refractivity contribution in [3.05, 3.63) is 41.0 Å². The Labute approximate surface area is 125 Å². The van der Waals surface area contributed by atoms with Crippen LogP contribution < -0.4 is 10.6 Å². The van der Waals surface area contributed by atoms with Gasteiger partial charge in [-0.05, 0) is 28.4 Å². The van der Waals surface area contributed by atoms with Gasteiger partial charge < -0.3 is 10.6 Å². The SMILES string of the molecule is CCCNc1cnc(C(=O)Nc2ccncc2Br)cn1. The van der Waals surface area contributed by atoms with Crippen LogP contribution in [0.15, 0.2) is 35.3 Å². The van der Waals surface area contributed by atoms with E-state index in [1.807, 2.05) is 0 Å². The molecule has 0 aliphatic carbocycles. The van der Waals surface area contributed by atoms with Gasteiger partial charge in [0.05, 0.1) is 22.6 Å². The molecule has 0 aromatic carbocycles. The minimum Gasteiger partial charge on any atom is -0.369 e. The van der Waals surface area contributed by atoms with E-state index in [0.29, 0.717) is 16.0 Å². The second kappa shape index (κ2) is 6.95. The van der Waals surface area contributed by atoms with E-state index in [1.54, 1.807) is 24.7 Å². The predicted octanol–water partition coefficient (Wildman–Crippen LogP) is 2.71. The van der Waals surface area contributed by atoms with Crippen LogP contribution in [0.3, 0.4) is 0 Å². The van der Waals surface area contributed by atoms with Crippen LogP contribution in [0.2, 0.25) is 0 Å². The average molecular weight is 336 g/mol. The maximum absolute atomic E-state index is 12.0. The summed E-state index contributed by atoms with van der Waals surface area (Å²) in [6.45, 7) is 2.89. The molecular weight excluding hydrogens is 322 g/mol. The van der Waals surface area contributed by atoms with E-state index < -0.39 is 0 Å². The van der Waals surface area contributed by atoms with Gasteiger partial charge in [-0.2, -0.15) is 0 Å². The summed E-state index contributed by atoms with van der Waals surface area (Å²) >= 11 is 3.31. The molecule has 2 N–H and O–H groups in total. The second-order valence-corrected chi connectivity index (χ2v) is 4.88. The van der Waals surface area contributed by atoms with Crippen LogP contribution in [0.25, 0.3) is 0 Å². The molecule has 0 aliphatic heterocycles. The molecule has 20 heavy (non-hydrogen) atoms. The van der Waals surface area contributed by atoms with Crippen molar-refractivity contribution in [2.24, 2.45) is 0 Å². The van der Waals surface area contributed by atoms with Crippen molar-refractivity contribution in [2.45, 2.75) is 13.3 Å². The molecule has 6 nitrogen and oxygen atoms in total. The summed E-state index contributed by atoms with van der Waals surface area (Å²) in [6.07, 6.45) is 7.21. The molecule has 0 saturated carbocycles. The lowest BCUT2D eigenvalue weighted by atomic mass is 10.3. The lowest BCUT2D eigenvalue weighted by molar-refractivity contribution is 0.102. The van der Waals surface area contributed by atoms with Gasteiger partial charge in [0.15, 0.2) is 0 Å². The molecule has 2 heterocycles. The zero-order valence-corrected chi connectivity index (χ0v) is 12.5. The van der Waals surface area contributed by atoms with E-state index in [9.17, 15) is 4.79 Å². The molecule has 0 unspecified atom stereocenters. The van der Waals surface area contributed by atoms with Crippen LogP contribution in [0, 0.1) is 0 Å². The van der Waals surface area contributed by atoms with Gasteiger partial charge in [-0.15, -0.1) is 0 Å². The predicted molar refractivity (Wildman–Crippen MR) is 80.7 cm³/mol. The number of aromatic nitrogens is 3. The largest absolute Gasteiger partial charge is 0.369 e. The maximum atomic E-state index is 12.0. The molecule has 0 saturated heterocycles. The van der Waals surface area contributed by atoms with Crippen molar-refractivity contribution >= 4 is 33.3 Å². The Morgan fingerprint density at radius 2 is 2.15 bits per heavy atom. The quantitative estimate of drug-likeness (QED) is 0.878. The van der Waals surface area contributed by atoms with E-state index in [1.165, 1.54) is 6.20 Å². The first-order chi connectivity index (χ1) is 9.70. The summed E-state index contributed by atoms with van der Waals surface area (Å²) in [7, 11) is 0. The third-order valence-electron chi connectivity index (χ3n) is 2.46. The van der Waals surface area contributed by atoms with Crippen molar-refractivity contribution in [1.29, 1.82) is 0 Å². The van der Waals surface area contributed by atoms with Crippen molar-refractivity contribution in [3.63, 3.8) is 0 Å². The van der Waals surface area contributed by atoms with Crippen LogP contribution in [-0.4, -0.2) is 27.4 Å². The number of anilines is 2. The highest BCUT2D eigenvalue weighted by Crippen LogP contribution is 2.20. The fraction of sp³-hybridized carbons (Fsp3) is 0.231. The van der Waals surface area contributed by atoms with Crippen molar-refractivity contribution in [3.8, 4) is 0 Å². The second-order valence-electron chi connectivity index (χ2n) is 4.02. The summed E-state index contributed by atoms with van der Waals surface area (Å²) in [5.74, 6) is 0.347. The van der Waals surface area contributed by atoms with Crippen molar-refractivity contribution in [1.82, 2.24) is 15.0 Å². The van der Waals surface area contributed by atoms with Gasteiger partial charge >= 0.3 is 0 Å². The Morgan fingerprint density at radius 1 is 1.30 bits per heavy atom. The third-order valence-corrected chi connectivity index (χ3v) is 3.09. The van der Waals surface area contributed by atoms with Crippen molar-refractivity contribution in [2.75, 3.05) is 17.2 Å². The van der Waals surface area contributed by atoms with Crippen LogP contribution in [0.1, 0.15) is 23.8 Å². The lowest BCUT2D eigenvalue weighted by Crippen LogP contribution is -2.15. The zero-order valence-electron chi connectivity index (χ0n) is 10.9. The third kappa shape index (κ3) is 3.74. The van der Waals surface area contributed by atoms with Gasteiger partial charge in [-0.25, -0.2) is 9.97 Å². The van der Waals surface area contributed by atoms with Gasteiger partial charge in [0.2, 0.25) is 0 Å². The molecule has 0 fully saturated rings. The molecule has 2 rings (SSSR count). The van der Waals surface area contributed by atoms with Crippen LogP contribution in [-0.2, 0) is 0 Å². The Kier molecular flexibility index (Phi) is 5.00. The Hall–Kier alpha value is -2.02. The first-order valence-corrected chi connectivity index (χ1v) is 6.96. The monoisotopic (exact) mass is 335 g/mol. The topological polar surface area (TPSA) is 79.8 Å². The minimum absolute atomic E-state index is 0.260. The number of rotatable bonds is 5. The van der Waals surface area contributed by atoms with Gasteiger partial charge in [0, 0.05) is 18.9 Å². The summed E-state index contributed by atoms with van der Waals surface area (Å²) in [5.41, 5.74) is 0.899. The molecule has 0 spiro atoms. The molecule has 2 aromatic rings. The number of pyridine rings is 1. The van der Waals surface area contributed by atoms with Gasteiger partial charge in [0.25, 0.3) is 5.91 Å². The highest BCUT2D eigenvalue weighted by molar-refractivity contribution is 9.10. The molecular formula is C13H14BrN5O. The number of hydrogen-bond donors (Lipinski definition) is 2. The Morgan fingerprint density at radius 3 is 2.80 bits per heavy atom. The summed E-state index contributed by atoms with van der Waals surface area (Å²) in [5, 5.41) is 5.84. The molecule has 0 bridgehead atoms.